The van der Waals surface area contributed by atoms with Crippen molar-refractivity contribution in [3.63, 3.8) is 0 Å². The Labute approximate surface area is 121 Å². The molecule has 1 aromatic rings. The molecule has 0 aliphatic carbocycles. The van der Waals surface area contributed by atoms with Gasteiger partial charge in [-0.3, -0.25) is 0 Å². The summed E-state index contributed by atoms with van der Waals surface area (Å²) in [6.45, 7) is 5.49. The maximum Gasteiger partial charge on any atom is 0.0988 e. The van der Waals surface area contributed by atoms with E-state index in [0.717, 1.165) is 31.2 Å². The van der Waals surface area contributed by atoms with E-state index < -0.39 is 17.8 Å². The molecule has 20 heavy (non-hydrogen) atoms. The second kappa shape index (κ2) is 9.49. The molecule has 0 aromatic heterocycles. The summed E-state index contributed by atoms with van der Waals surface area (Å²) in [5, 5.41) is 10.1. The third-order valence-corrected chi connectivity index (χ3v) is 3.46. The number of aliphatic hydroxyl groups excluding tert-OH is 1. The van der Waals surface area contributed by atoms with Gasteiger partial charge in [-0.05, 0) is 24.8 Å². The van der Waals surface area contributed by atoms with Gasteiger partial charge in [0.1, 0.15) is 0 Å². The van der Waals surface area contributed by atoms with Crippen molar-refractivity contribution in [1.82, 2.24) is 0 Å². The summed E-state index contributed by atoms with van der Waals surface area (Å²) < 4.78 is 13.5. The molecule has 0 aliphatic rings. The highest BCUT2D eigenvalue weighted by atomic mass is 19.1. The lowest BCUT2D eigenvalue weighted by atomic mass is 9.93. The van der Waals surface area contributed by atoms with E-state index in [0.29, 0.717) is 6.42 Å². The molecule has 0 unspecified atom stereocenters. The van der Waals surface area contributed by atoms with Gasteiger partial charge in [-0.15, -0.1) is 0 Å². The van der Waals surface area contributed by atoms with Crippen LogP contribution >= 0.6 is 0 Å². The Morgan fingerprint density at radius 3 is 2.65 bits per heavy atom. The Hall–Kier alpha value is -1.41. The molecular weight excluding hydrogens is 251 g/mol. The lowest BCUT2D eigenvalue weighted by Crippen LogP contribution is -2.19. The monoisotopic (exact) mass is 276 g/mol. The minimum atomic E-state index is -0.784. The van der Waals surface area contributed by atoms with Crippen LogP contribution in [-0.4, -0.2) is 11.2 Å². The molecule has 0 spiro atoms. The highest BCUT2D eigenvalue weighted by molar-refractivity contribution is 5.15. The fourth-order valence-electron chi connectivity index (χ4n) is 2.17. The van der Waals surface area contributed by atoms with E-state index in [1.54, 1.807) is 6.08 Å². The van der Waals surface area contributed by atoms with Crippen molar-refractivity contribution in [1.29, 1.82) is 0 Å². The predicted octanol–water partition coefficient (Wildman–Crippen LogP) is 4.83. The second-order valence-electron chi connectivity index (χ2n) is 5.14. The first kappa shape index (κ1) is 16.6. The van der Waals surface area contributed by atoms with E-state index >= 15 is 0 Å². The largest absolute Gasteiger partial charge is 0.388 e. The topological polar surface area (TPSA) is 20.2 Å². The zero-order valence-corrected chi connectivity index (χ0v) is 12.3. The first-order chi connectivity index (χ1) is 9.65. The first-order valence-corrected chi connectivity index (χ1v) is 7.38. The summed E-state index contributed by atoms with van der Waals surface area (Å²) in [6.07, 6.45) is 7.31. The summed E-state index contributed by atoms with van der Waals surface area (Å²) in [6, 6.07) is 9.93. The number of unbranched alkanes of at least 4 members (excludes halogenated alkanes) is 2. The number of benzene rings is 1. The highest BCUT2D eigenvalue weighted by Crippen LogP contribution is 2.22. The standard InChI is InChI=1S/C18H25FO/c1-3-4-5-9-12-18(20)17(15(2)19)14-13-16-10-7-6-8-11-16/h6-12,17-18,20H,2-5,13-14H2,1H3/b12-9+/t17-,18+/m0/s1. The molecule has 0 aliphatic heterocycles. The van der Waals surface area contributed by atoms with E-state index in [2.05, 4.69) is 13.5 Å². The summed E-state index contributed by atoms with van der Waals surface area (Å²) in [5.74, 6) is -0.957. The molecule has 2 atom stereocenters. The van der Waals surface area contributed by atoms with Crippen LogP contribution in [0.2, 0.25) is 0 Å². The van der Waals surface area contributed by atoms with Crippen LogP contribution < -0.4 is 0 Å². The number of hydrogen-bond donors (Lipinski definition) is 1. The van der Waals surface area contributed by atoms with Crippen molar-refractivity contribution in [3.8, 4) is 0 Å². The number of halogens is 1. The summed E-state index contributed by atoms with van der Waals surface area (Å²) in [5.41, 5.74) is 1.15. The molecule has 0 saturated heterocycles. The van der Waals surface area contributed by atoms with Crippen LogP contribution in [0.3, 0.4) is 0 Å². The van der Waals surface area contributed by atoms with Gasteiger partial charge in [-0.2, -0.15) is 0 Å². The number of hydrogen-bond acceptors (Lipinski definition) is 1. The third-order valence-electron chi connectivity index (χ3n) is 3.46. The van der Waals surface area contributed by atoms with Crippen molar-refractivity contribution in [2.24, 2.45) is 5.92 Å². The van der Waals surface area contributed by atoms with Crippen molar-refractivity contribution in [2.45, 2.75) is 45.1 Å². The zero-order chi connectivity index (χ0) is 14.8. The van der Waals surface area contributed by atoms with Gasteiger partial charge >= 0.3 is 0 Å². The molecule has 1 aromatic carbocycles. The Kier molecular flexibility index (Phi) is 7.89. The molecule has 1 rings (SSSR count). The molecule has 0 fully saturated rings. The fraction of sp³-hybridized carbons (Fsp3) is 0.444. The van der Waals surface area contributed by atoms with Gasteiger partial charge in [0.05, 0.1) is 11.9 Å². The Morgan fingerprint density at radius 2 is 2.05 bits per heavy atom. The smallest absolute Gasteiger partial charge is 0.0988 e. The predicted molar refractivity (Wildman–Crippen MR) is 83.2 cm³/mol. The van der Waals surface area contributed by atoms with E-state index in [-0.39, 0.29) is 0 Å². The van der Waals surface area contributed by atoms with Crippen LogP contribution in [0, 0.1) is 5.92 Å². The molecule has 0 radical (unpaired) electrons. The maximum atomic E-state index is 13.5. The van der Waals surface area contributed by atoms with Crippen LogP contribution in [0.25, 0.3) is 0 Å². The Morgan fingerprint density at radius 1 is 1.35 bits per heavy atom. The normalized spacial score (nSPS) is 14.3. The molecular formula is C18H25FO. The van der Waals surface area contributed by atoms with Gasteiger partial charge < -0.3 is 5.11 Å². The minimum absolute atomic E-state index is 0.437. The maximum absolute atomic E-state index is 13.5. The molecule has 0 amide bonds. The van der Waals surface area contributed by atoms with Crippen LogP contribution in [0.15, 0.2) is 54.9 Å². The summed E-state index contributed by atoms with van der Waals surface area (Å²) in [4.78, 5) is 0. The average molecular weight is 276 g/mol. The Balaban J connectivity index is 2.51. The van der Waals surface area contributed by atoms with E-state index in [1.165, 1.54) is 0 Å². The zero-order valence-electron chi connectivity index (χ0n) is 12.3. The van der Waals surface area contributed by atoms with Crippen molar-refractivity contribution in [2.75, 3.05) is 0 Å². The van der Waals surface area contributed by atoms with Gasteiger partial charge in [0.2, 0.25) is 0 Å². The molecule has 0 heterocycles. The van der Waals surface area contributed by atoms with Crippen LogP contribution in [0.4, 0.5) is 4.39 Å². The quantitative estimate of drug-likeness (QED) is 0.506. The lowest BCUT2D eigenvalue weighted by molar-refractivity contribution is 0.152. The van der Waals surface area contributed by atoms with Crippen molar-refractivity contribution < 1.29 is 9.50 Å². The van der Waals surface area contributed by atoms with Gasteiger partial charge in [-0.25, -0.2) is 4.39 Å². The van der Waals surface area contributed by atoms with Crippen LogP contribution in [-0.2, 0) is 6.42 Å². The van der Waals surface area contributed by atoms with Gasteiger partial charge in [-0.1, -0.05) is 68.8 Å². The van der Waals surface area contributed by atoms with Crippen LogP contribution in [0.1, 0.15) is 38.2 Å². The Bertz CT molecular complexity index is 411. The van der Waals surface area contributed by atoms with Crippen molar-refractivity contribution >= 4 is 0 Å². The first-order valence-electron chi connectivity index (χ1n) is 7.38. The van der Waals surface area contributed by atoms with Gasteiger partial charge in [0.15, 0.2) is 0 Å². The van der Waals surface area contributed by atoms with E-state index in [1.807, 2.05) is 36.4 Å². The van der Waals surface area contributed by atoms with Crippen LogP contribution in [0.5, 0.6) is 0 Å². The number of aliphatic hydroxyl groups is 1. The molecule has 0 saturated carbocycles. The minimum Gasteiger partial charge on any atom is -0.388 e. The van der Waals surface area contributed by atoms with E-state index in [9.17, 15) is 9.50 Å². The number of aryl methyl sites for hydroxylation is 1. The van der Waals surface area contributed by atoms with E-state index in [4.69, 9.17) is 0 Å². The molecule has 110 valence electrons. The average Bonchev–Trinajstić information content (AvgIpc) is 2.44. The summed E-state index contributed by atoms with van der Waals surface area (Å²) in [7, 11) is 0. The number of rotatable bonds is 9. The molecule has 1 nitrogen and oxygen atoms in total. The van der Waals surface area contributed by atoms with Gasteiger partial charge in [0, 0.05) is 5.92 Å². The highest BCUT2D eigenvalue weighted by Gasteiger charge is 2.20. The second-order valence-corrected chi connectivity index (χ2v) is 5.14. The number of allylic oxidation sites excluding steroid dienone is 1. The molecule has 0 bridgehead atoms. The summed E-state index contributed by atoms with van der Waals surface area (Å²) >= 11 is 0. The fourth-order valence-corrected chi connectivity index (χ4v) is 2.17. The SMILES string of the molecule is C=C(F)[C@H](CCc1ccccc1)[C@H](O)/C=C/CCCC. The third kappa shape index (κ3) is 6.16. The lowest BCUT2D eigenvalue weighted by Gasteiger charge is -2.18. The molecule has 1 N–H and O–H groups in total. The van der Waals surface area contributed by atoms with Crippen molar-refractivity contribution in [3.05, 3.63) is 60.5 Å². The molecule has 2 heteroatoms. The van der Waals surface area contributed by atoms with Gasteiger partial charge in [0.25, 0.3) is 0 Å².